The van der Waals surface area contributed by atoms with Gasteiger partial charge in [-0.25, -0.2) is 9.59 Å². The molecule has 0 heterocycles. The maximum absolute atomic E-state index is 12.1. The fraction of sp³-hybridized carbons (Fsp3) is 0.150. The molecule has 2 N–H and O–H groups in total. The normalized spacial score (nSPS) is 11.0. The van der Waals surface area contributed by atoms with Crippen molar-refractivity contribution in [1.29, 1.82) is 0 Å². The van der Waals surface area contributed by atoms with Crippen molar-refractivity contribution >= 4 is 23.6 Å². The molecule has 2 rings (SSSR count). The van der Waals surface area contributed by atoms with Crippen LogP contribution in [0.4, 0.5) is 10.5 Å². The van der Waals surface area contributed by atoms with Crippen LogP contribution in [-0.4, -0.2) is 30.6 Å². The Morgan fingerprint density at radius 1 is 1.07 bits per heavy atom. The van der Waals surface area contributed by atoms with Crippen LogP contribution in [0.5, 0.6) is 5.75 Å². The first-order valence-electron chi connectivity index (χ1n) is 8.21. The molecule has 2 aromatic rings. The zero-order valence-corrected chi connectivity index (χ0v) is 14.8. The predicted molar refractivity (Wildman–Crippen MR) is 101 cm³/mol. The van der Waals surface area contributed by atoms with Crippen molar-refractivity contribution in [3.05, 3.63) is 72.8 Å². The molecule has 0 radical (unpaired) electrons. The zero-order chi connectivity index (χ0) is 19.6. The smallest absolute Gasteiger partial charge is 0.338 e. The van der Waals surface area contributed by atoms with Gasteiger partial charge in [0, 0.05) is 5.69 Å². The number of anilines is 1. The van der Waals surface area contributed by atoms with E-state index >= 15 is 0 Å². The Balaban J connectivity index is 1.84. The van der Waals surface area contributed by atoms with E-state index in [1.165, 1.54) is 19.1 Å². The van der Waals surface area contributed by atoms with Gasteiger partial charge in [-0.05, 0) is 43.3 Å². The van der Waals surface area contributed by atoms with Crippen molar-refractivity contribution in [2.24, 2.45) is 0 Å². The number of amides is 3. The molecule has 3 amide bonds. The summed E-state index contributed by atoms with van der Waals surface area (Å²) in [6.07, 6.45) is 0.465. The Morgan fingerprint density at radius 2 is 1.74 bits per heavy atom. The predicted octanol–water partition coefficient (Wildman–Crippen LogP) is 3.15. The SMILES string of the molecule is C=CCOc1ccc(C(=O)OC(C)C(=O)NC(=O)Nc2ccccc2)cc1. The van der Waals surface area contributed by atoms with Gasteiger partial charge in [-0.1, -0.05) is 30.9 Å². The number of hydrogen-bond acceptors (Lipinski definition) is 5. The van der Waals surface area contributed by atoms with Crippen molar-refractivity contribution in [1.82, 2.24) is 5.32 Å². The van der Waals surface area contributed by atoms with Gasteiger partial charge < -0.3 is 14.8 Å². The van der Waals surface area contributed by atoms with Gasteiger partial charge in [0.25, 0.3) is 5.91 Å². The van der Waals surface area contributed by atoms with Gasteiger partial charge in [-0.15, -0.1) is 0 Å². The highest BCUT2D eigenvalue weighted by Gasteiger charge is 2.21. The zero-order valence-electron chi connectivity index (χ0n) is 14.8. The van der Waals surface area contributed by atoms with E-state index in [0.29, 0.717) is 18.0 Å². The Kier molecular flexibility index (Phi) is 7.13. The van der Waals surface area contributed by atoms with Crippen LogP contribution in [0.15, 0.2) is 67.3 Å². The highest BCUT2D eigenvalue weighted by atomic mass is 16.5. The van der Waals surface area contributed by atoms with E-state index in [-0.39, 0.29) is 5.56 Å². The lowest BCUT2D eigenvalue weighted by atomic mass is 10.2. The summed E-state index contributed by atoms with van der Waals surface area (Å²) < 4.78 is 10.4. The van der Waals surface area contributed by atoms with E-state index in [1.807, 2.05) is 0 Å². The molecule has 7 heteroatoms. The summed E-state index contributed by atoms with van der Waals surface area (Å²) in [5.41, 5.74) is 0.792. The standard InChI is InChI=1S/C20H20N2O5/c1-3-13-26-17-11-9-15(10-12-17)19(24)27-14(2)18(23)22-20(25)21-16-7-5-4-6-8-16/h3-12,14H,1,13H2,2H3,(H2,21,22,23,25). The summed E-state index contributed by atoms with van der Waals surface area (Å²) in [6.45, 7) is 5.28. The molecule has 0 saturated heterocycles. The molecule has 140 valence electrons. The van der Waals surface area contributed by atoms with Crippen LogP contribution >= 0.6 is 0 Å². The van der Waals surface area contributed by atoms with Gasteiger partial charge in [0.1, 0.15) is 12.4 Å². The highest BCUT2D eigenvalue weighted by molar-refractivity contribution is 6.03. The van der Waals surface area contributed by atoms with E-state index in [0.717, 1.165) is 0 Å². The summed E-state index contributed by atoms with van der Waals surface area (Å²) in [7, 11) is 0. The number of hydrogen-bond donors (Lipinski definition) is 2. The number of esters is 1. The van der Waals surface area contributed by atoms with Crippen LogP contribution in [0.25, 0.3) is 0 Å². The lowest BCUT2D eigenvalue weighted by Gasteiger charge is -2.13. The summed E-state index contributed by atoms with van der Waals surface area (Å²) in [6, 6.07) is 14.2. The average Bonchev–Trinajstić information content (AvgIpc) is 2.67. The average molecular weight is 368 g/mol. The summed E-state index contributed by atoms with van der Waals surface area (Å²) >= 11 is 0. The van der Waals surface area contributed by atoms with E-state index in [4.69, 9.17) is 9.47 Å². The molecule has 0 aliphatic carbocycles. The molecule has 1 atom stereocenters. The van der Waals surface area contributed by atoms with Gasteiger partial charge in [0.15, 0.2) is 6.10 Å². The van der Waals surface area contributed by atoms with Crippen molar-refractivity contribution in [3.63, 3.8) is 0 Å². The van der Waals surface area contributed by atoms with Crippen LogP contribution in [0.1, 0.15) is 17.3 Å². The van der Waals surface area contributed by atoms with Crippen LogP contribution in [0.2, 0.25) is 0 Å². The first-order chi connectivity index (χ1) is 13.0. The number of urea groups is 1. The van der Waals surface area contributed by atoms with Gasteiger partial charge in [0.05, 0.1) is 5.56 Å². The minimum absolute atomic E-state index is 0.259. The first kappa shape index (κ1) is 19.7. The Bertz CT molecular complexity index is 803. The van der Waals surface area contributed by atoms with Crippen molar-refractivity contribution < 1.29 is 23.9 Å². The molecule has 0 aliphatic heterocycles. The summed E-state index contributed by atoms with van der Waals surface area (Å²) in [4.78, 5) is 35.9. The third kappa shape index (κ3) is 6.32. The molecular weight excluding hydrogens is 348 g/mol. The second-order valence-corrected chi connectivity index (χ2v) is 5.48. The molecule has 2 aromatic carbocycles. The first-order valence-corrected chi connectivity index (χ1v) is 8.21. The van der Waals surface area contributed by atoms with Gasteiger partial charge in [-0.3, -0.25) is 10.1 Å². The lowest BCUT2D eigenvalue weighted by molar-refractivity contribution is -0.127. The van der Waals surface area contributed by atoms with Gasteiger partial charge in [0.2, 0.25) is 0 Å². The second-order valence-electron chi connectivity index (χ2n) is 5.48. The quantitative estimate of drug-likeness (QED) is 0.578. The van der Waals surface area contributed by atoms with Crippen LogP contribution in [0, 0.1) is 0 Å². The fourth-order valence-corrected chi connectivity index (χ4v) is 2.02. The van der Waals surface area contributed by atoms with Crippen molar-refractivity contribution in [2.75, 3.05) is 11.9 Å². The van der Waals surface area contributed by atoms with Gasteiger partial charge in [-0.2, -0.15) is 0 Å². The number of nitrogens with one attached hydrogen (secondary N) is 2. The Hall–Kier alpha value is -3.61. The molecular formula is C20H20N2O5. The van der Waals surface area contributed by atoms with E-state index in [1.54, 1.807) is 48.5 Å². The Morgan fingerprint density at radius 3 is 2.37 bits per heavy atom. The maximum atomic E-state index is 12.1. The maximum Gasteiger partial charge on any atom is 0.338 e. The summed E-state index contributed by atoms with van der Waals surface area (Å²) in [5.74, 6) is -0.839. The molecule has 0 aliphatic rings. The van der Waals surface area contributed by atoms with E-state index in [9.17, 15) is 14.4 Å². The number of imide groups is 1. The number of para-hydroxylation sites is 1. The minimum Gasteiger partial charge on any atom is -0.490 e. The summed E-state index contributed by atoms with van der Waals surface area (Å²) in [5, 5.41) is 4.63. The third-order valence-electron chi connectivity index (χ3n) is 3.38. The number of rotatable bonds is 7. The van der Waals surface area contributed by atoms with Crippen LogP contribution in [-0.2, 0) is 9.53 Å². The molecule has 0 saturated carbocycles. The number of carbonyl (C=O) groups excluding carboxylic acids is 3. The van der Waals surface area contributed by atoms with Crippen molar-refractivity contribution in [2.45, 2.75) is 13.0 Å². The van der Waals surface area contributed by atoms with E-state index in [2.05, 4.69) is 17.2 Å². The van der Waals surface area contributed by atoms with Crippen molar-refractivity contribution in [3.8, 4) is 5.75 Å². The molecule has 7 nitrogen and oxygen atoms in total. The number of carbonyl (C=O) groups is 3. The highest BCUT2D eigenvalue weighted by Crippen LogP contribution is 2.13. The second kappa shape index (κ2) is 9.76. The van der Waals surface area contributed by atoms with Gasteiger partial charge >= 0.3 is 12.0 Å². The fourth-order valence-electron chi connectivity index (χ4n) is 2.02. The number of ether oxygens (including phenoxy) is 2. The largest absolute Gasteiger partial charge is 0.490 e. The lowest BCUT2D eigenvalue weighted by Crippen LogP contribution is -2.41. The van der Waals surface area contributed by atoms with E-state index < -0.39 is 24.0 Å². The molecule has 0 bridgehead atoms. The van der Waals surface area contributed by atoms with Crippen LogP contribution in [0.3, 0.4) is 0 Å². The molecule has 0 fully saturated rings. The Labute approximate surface area is 157 Å². The topological polar surface area (TPSA) is 93.7 Å². The minimum atomic E-state index is -1.14. The monoisotopic (exact) mass is 368 g/mol. The molecule has 0 spiro atoms. The molecule has 0 aromatic heterocycles. The molecule has 1 unspecified atom stereocenters. The number of benzene rings is 2. The molecule has 27 heavy (non-hydrogen) atoms. The van der Waals surface area contributed by atoms with Crippen LogP contribution < -0.4 is 15.4 Å². The third-order valence-corrected chi connectivity index (χ3v) is 3.38.